The molecule has 0 atom stereocenters. The second kappa shape index (κ2) is 7.17. The van der Waals surface area contributed by atoms with E-state index in [2.05, 4.69) is 21.4 Å². The van der Waals surface area contributed by atoms with Crippen LogP contribution in [0.2, 0.25) is 10.0 Å². The van der Waals surface area contributed by atoms with E-state index in [1.165, 1.54) is 6.33 Å². The Bertz CT molecular complexity index is 911. The molecule has 0 fully saturated rings. The number of nitrogens with zero attached hydrogens (tertiary/aromatic N) is 2. The predicted molar refractivity (Wildman–Crippen MR) is 102 cm³/mol. The van der Waals surface area contributed by atoms with Gasteiger partial charge in [0.05, 0.1) is 10.0 Å². The molecule has 1 heterocycles. The lowest BCUT2D eigenvalue weighted by Crippen LogP contribution is -2.03. The smallest absolute Gasteiger partial charge is 0.248 e. The third-order valence-electron chi connectivity index (χ3n) is 3.44. The fourth-order valence-electron chi connectivity index (χ4n) is 2.37. The van der Waals surface area contributed by atoms with E-state index in [-0.39, 0.29) is 5.88 Å². The van der Waals surface area contributed by atoms with E-state index < -0.39 is 0 Å². The zero-order chi connectivity index (χ0) is 18.0. The highest BCUT2D eigenvalue weighted by atomic mass is 35.5. The molecule has 0 saturated carbocycles. The fraction of sp³-hybridized carbons (Fsp3) is 0.111. The van der Waals surface area contributed by atoms with Gasteiger partial charge in [0.1, 0.15) is 17.8 Å². The van der Waals surface area contributed by atoms with E-state index in [1.54, 1.807) is 18.2 Å². The lowest BCUT2D eigenvalue weighted by atomic mass is 10.1. The average molecular weight is 375 g/mol. The van der Waals surface area contributed by atoms with Crippen LogP contribution in [0.3, 0.4) is 0 Å². The number of rotatable bonds is 4. The van der Waals surface area contributed by atoms with Gasteiger partial charge in [0, 0.05) is 5.69 Å². The molecule has 0 unspecified atom stereocenters. The summed E-state index contributed by atoms with van der Waals surface area (Å²) in [6.45, 7) is 4.00. The molecular weight excluding hydrogens is 359 g/mol. The molecule has 3 rings (SSSR count). The maximum Gasteiger partial charge on any atom is 0.248 e. The summed E-state index contributed by atoms with van der Waals surface area (Å²) in [7, 11) is 0. The van der Waals surface area contributed by atoms with Gasteiger partial charge >= 0.3 is 0 Å². The summed E-state index contributed by atoms with van der Waals surface area (Å²) in [5, 5.41) is 4.00. The van der Waals surface area contributed by atoms with Gasteiger partial charge in [-0.15, -0.1) is 0 Å². The Morgan fingerprint density at radius 1 is 0.960 bits per heavy atom. The van der Waals surface area contributed by atoms with E-state index in [9.17, 15) is 0 Å². The van der Waals surface area contributed by atoms with Gasteiger partial charge in [0.2, 0.25) is 5.88 Å². The average Bonchev–Trinajstić information content (AvgIpc) is 2.54. The number of ether oxygens (including phenoxy) is 1. The maximum atomic E-state index is 6.15. The Balaban J connectivity index is 1.87. The third kappa shape index (κ3) is 4.13. The molecule has 0 amide bonds. The van der Waals surface area contributed by atoms with Crippen molar-refractivity contribution >= 4 is 40.4 Å². The summed E-state index contributed by atoms with van der Waals surface area (Å²) in [6.07, 6.45) is 1.38. The van der Waals surface area contributed by atoms with Crippen molar-refractivity contribution in [1.82, 2.24) is 9.97 Å². The number of nitrogens with two attached hydrogens (primary N) is 1. The molecule has 0 aliphatic heterocycles. The van der Waals surface area contributed by atoms with Crippen molar-refractivity contribution < 1.29 is 4.74 Å². The molecule has 5 nitrogen and oxygen atoms in total. The lowest BCUT2D eigenvalue weighted by molar-refractivity contribution is 0.464. The molecule has 0 radical (unpaired) electrons. The van der Waals surface area contributed by atoms with Gasteiger partial charge in [-0.05, 0) is 55.3 Å². The van der Waals surface area contributed by atoms with E-state index >= 15 is 0 Å². The van der Waals surface area contributed by atoms with Gasteiger partial charge in [-0.25, -0.2) is 4.98 Å². The minimum absolute atomic E-state index is 0.280. The van der Waals surface area contributed by atoms with Crippen molar-refractivity contribution in [2.45, 2.75) is 13.8 Å². The number of benzene rings is 2. The summed E-state index contributed by atoms with van der Waals surface area (Å²) in [4.78, 5) is 8.28. The molecule has 2 aromatic carbocycles. The minimum atomic E-state index is 0.280. The number of hydrogen-bond acceptors (Lipinski definition) is 5. The number of anilines is 3. The van der Waals surface area contributed by atoms with Crippen molar-refractivity contribution in [2.24, 2.45) is 0 Å². The third-order valence-corrected chi connectivity index (χ3v) is 4.18. The summed E-state index contributed by atoms with van der Waals surface area (Å²) in [5.41, 5.74) is 9.34. The molecule has 1 aromatic heterocycles. The standard InChI is InChI=1S/C18H16Cl2N4O/c1-10-5-11(2)7-13(6-10)25-18-16(21)17(22-9-23-18)24-12-3-4-14(19)15(20)8-12/h3-9H,21H2,1-2H3,(H,22,23,24). The van der Waals surface area contributed by atoms with Crippen molar-refractivity contribution in [3.05, 3.63) is 63.9 Å². The number of hydrogen-bond donors (Lipinski definition) is 2. The molecule has 0 bridgehead atoms. The first-order chi connectivity index (χ1) is 11.9. The fourth-order valence-corrected chi connectivity index (χ4v) is 2.67. The van der Waals surface area contributed by atoms with Crippen LogP contribution in [0, 0.1) is 13.8 Å². The Hall–Kier alpha value is -2.50. The first-order valence-electron chi connectivity index (χ1n) is 7.51. The molecule has 0 spiro atoms. The summed E-state index contributed by atoms with van der Waals surface area (Å²) in [6, 6.07) is 11.1. The Morgan fingerprint density at radius 2 is 1.68 bits per heavy atom. The van der Waals surface area contributed by atoms with Gasteiger partial charge in [0.25, 0.3) is 0 Å². The Kier molecular flexibility index (Phi) is 4.97. The summed E-state index contributed by atoms with van der Waals surface area (Å²) < 4.78 is 5.83. The minimum Gasteiger partial charge on any atom is -0.437 e. The number of nitrogen functional groups attached to an aromatic ring is 1. The summed E-state index contributed by atoms with van der Waals surface area (Å²) >= 11 is 12.0. The number of halogens is 2. The van der Waals surface area contributed by atoms with Crippen molar-refractivity contribution in [3.63, 3.8) is 0 Å². The van der Waals surface area contributed by atoms with Crippen LogP contribution in [0.25, 0.3) is 0 Å². The first-order valence-corrected chi connectivity index (χ1v) is 8.26. The van der Waals surface area contributed by atoms with Crippen LogP contribution in [0.4, 0.5) is 17.2 Å². The highest BCUT2D eigenvalue weighted by Gasteiger charge is 2.12. The second-order valence-corrected chi connectivity index (χ2v) is 6.43. The first kappa shape index (κ1) is 17.3. The molecule has 3 N–H and O–H groups in total. The van der Waals surface area contributed by atoms with Gasteiger partial charge in [-0.2, -0.15) is 4.98 Å². The zero-order valence-corrected chi connectivity index (χ0v) is 15.2. The Labute approximate surface area is 155 Å². The normalized spacial score (nSPS) is 10.6. The molecule has 0 saturated heterocycles. The van der Waals surface area contributed by atoms with E-state index in [0.29, 0.717) is 33.0 Å². The van der Waals surface area contributed by atoms with Gasteiger partial charge in [-0.3, -0.25) is 0 Å². The molecule has 128 valence electrons. The quantitative estimate of drug-likeness (QED) is 0.628. The number of aromatic nitrogens is 2. The lowest BCUT2D eigenvalue weighted by Gasteiger charge is -2.13. The summed E-state index contributed by atoms with van der Waals surface area (Å²) in [5.74, 6) is 1.37. The van der Waals surface area contributed by atoms with Crippen molar-refractivity contribution in [1.29, 1.82) is 0 Å². The van der Waals surface area contributed by atoms with E-state index in [4.69, 9.17) is 33.7 Å². The van der Waals surface area contributed by atoms with Crippen LogP contribution in [0.15, 0.2) is 42.7 Å². The van der Waals surface area contributed by atoms with E-state index in [0.717, 1.165) is 11.1 Å². The maximum absolute atomic E-state index is 6.15. The zero-order valence-electron chi connectivity index (χ0n) is 13.7. The van der Waals surface area contributed by atoms with Crippen LogP contribution < -0.4 is 15.8 Å². The van der Waals surface area contributed by atoms with Crippen LogP contribution >= 0.6 is 23.2 Å². The van der Waals surface area contributed by atoms with Crippen LogP contribution in [-0.2, 0) is 0 Å². The van der Waals surface area contributed by atoms with Crippen LogP contribution in [0.5, 0.6) is 11.6 Å². The molecule has 25 heavy (non-hydrogen) atoms. The molecule has 0 aliphatic rings. The highest BCUT2D eigenvalue weighted by Crippen LogP contribution is 2.33. The molecule has 3 aromatic rings. The highest BCUT2D eigenvalue weighted by molar-refractivity contribution is 6.42. The predicted octanol–water partition coefficient (Wildman–Crippen LogP) is 5.52. The second-order valence-electron chi connectivity index (χ2n) is 5.62. The monoisotopic (exact) mass is 374 g/mol. The topological polar surface area (TPSA) is 73.1 Å². The van der Waals surface area contributed by atoms with Crippen LogP contribution in [-0.4, -0.2) is 9.97 Å². The van der Waals surface area contributed by atoms with Crippen molar-refractivity contribution in [3.8, 4) is 11.6 Å². The molecule has 7 heteroatoms. The molecular formula is C18H16Cl2N4O. The largest absolute Gasteiger partial charge is 0.437 e. The van der Waals surface area contributed by atoms with E-state index in [1.807, 2.05) is 26.0 Å². The van der Waals surface area contributed by atoms with Gasteiger partial charge in [-0.1, -0.05) is 29.3 Å². The van der Waals surface area contributed by atoms with Crippen molar-refractivity contribution in [2.75, 3.05) is 11.1 Å². The SMILES string of the molecule is Cc1cc(C)cc(Oc2ncnc(Nc3ccc(Cl)c(Cl)c3)c2N)c1. The van der Waals surface area contributed by atoms with Gasteiger partial charge < -0.3 is 15.8 Å². The van der Waals surface area contributed by atoms with Gasteiger partial charge in [0.15, 0.2) is 5.82 Å². The number of nitrogens with one attached hydrogen (secondary N) is 1. The van der Waals surface area contributed by atoms with Crippen LogP contribution in [0.1, 0.15) is 11.1 Å². The number of aryl methyl sites for hydroxylation is 2. The Morgan fingerprint density at radius 3 is 2.36 bits per heavy atom. The molecule has 0 aliphatic carbocycles.